The predicted molar refractivity (Wildman–Crippen MR) is 428 cm³/mol. The Hall–Kier alpha value is -13.7. The molecular formula is C79H55F15N24S3. The van der Waals surface area contributed by atoms with Crippen LogP contribution >= 0.6 is 34.6 Å². The molecule has 1 aliphatic carbocycles. The van der Waals surface area contributed by atoms with Crippen molar-refractivity contribution in [2.75, 3.05) is 21.3 Å². The van der Waals surface area contributed by atoms with E-state index in [1.165, 1.54) is 104 Å². The second-order valence-corrected chi connectivity index (χ2v) is 29.6. The summed E-state index contributed by atoms with van der Waals surface area (Å²) in [6.45, 7) is 3.74. The van der Waals surface area contributed by atoms with Gasteiger partial charge in [-0.05, 0) is 135 Å². The zero-order valence-electron chi connectivity index (χ0n) is 61.9. The number of nitrogens with two attached hydrogens (primary N) is 1. The number of para-hydroxylation sites is 1. The Bertz CT molecular complexity index is 6860. The van der Waals surface area contributed by atoms with E-state index in [2.05, 4.69) is 110 Å². The number of anilines is 8. The Morgan fingerprint density at radius 3 is 1.38 bits per heavy atom. The molecule has 11 heterocycles. The van der Waals surface area contributed by atoms with Crippen molar-refractivity contribution in [1.29, 1.82) is 0 Å². The van der Waals surface area contributed by atoms with Gasteiger partial charge in [-0.25, -0.2) is 53.0 Å². The van der Waals surface area contributed by atoms with Crippen LogP contribution in [-0.4, -0.2) is 99.8 Å². The Morgan fingerprint density at radius 1 is 0.380 bits per heavy atom. The summed E-state index contributed by atoms with van der Waals surface area (Å²) in [6, 6.07) is 36.1. The highest BCUT2D eigenvalue weighted by Crippen LogP contribution is 2.45. The number of hydrogen-bond acceptors (Lipinski definition) is 23. The molecule has 0 atom stereocenters. The third-order valence-electron chi connectivity index (χ3n) is 19.1. The van der Waals surface area contributed by atoms with E-state index in [0.29, 0.717) is 70.9 Å². The lowest BCUT2D eigenvalue weighted by atomic mass is 9.83. The maximum Gasteiger partial charge on any atom is 0.417 e. The van der Waals surface area contributed by atoms with Gasteiger partial charge in [-0.2, -0.15) is 86.2 Å². The quantitative estimate of drug-likeness (QED) is 0.0484. The highest BCUT2D eigenvalue weighted by Gasteiger charge is 2.39. The van der Waals surface area contributed by atoms with Crippen LogP contribution in [0.5, 0.6) is 0 Å². The van der Waals surface area contributed by atoms with Gasteiger partial charge in [0.1, 0.15) is 54.1 Å². The largest absolute Gasteiger partial charge is 0.417 e. The van der Waals surface area contributed by atoms with Gasteiger partial charge in [0.15, 0.2) is 64.0 Å². The van der Waals surface area contributed by atoms with Crippen molar-refractivity contribution in [2.45, 2.75) is 76.2 Å². The Kier molecular flexibility index (Phi) is 22.0. The molecule has 1 saturated carbocycles. The highest BCUT2D eigenvalue weighted by atomic mass is 32.1. The second-order valence-electron chi connectivity index (χ2n) is 27.2. The van der Waals surface area contributed by atoms with E-state index in [-0.39, 0.29) is 91.7 Å². The third-order valence-corrected chi connectivity index (χ3v) is 21.4. The first-order valence-electron chi connectivity index (χ1n) is 36.1. The number of benzene rings is 7. The number of fused-ring (bicyclic) bond motifs is 6. The van der Waals surface area contributed by atoms with Crippen molar-refractivity contribution in [2.24, 2.45) is 5.73 Å². The lowest BCUT2D eigenvalue weighted by Gasteiger charge is -2.27. The van der Waals surface area contributed by atoms with Crippen LogP contribution in [0.2, 0.25) is 0 Å². The predicted octanol–water partition coefficient (Wildman–Crippen LogP) is 21.8. The van der Waals surface area contributed by atoms with E-state index in [0.717, 1.165) is 118 Å². The van der Waals surface area contributed by atoms with Gasteiger partial charge in [-0.15, -0.1) is 0 Å². The third kappa shape index (κ3) is 17.3. The zero-order chi connectivity index (χ0) is 84.8. The average Bonchev–Trinajstić information content (AvgIpc) is 1.73. The Labute approximate surface area is 682 Å². The lowest BCUT2D eigenvalue weighted by Crippen LogP contribution is -2.26. The molecule has 1 fully saturated rings. The fourth-order valence-electron chi connectivity index (χ4n) is 13.4. The van der Waals surface area contributed by atoms with Gasteiger partial charge in [0.25, 0.3) is 0 Å². The van der Waals surface area contributed by atoms with Crippen LogP contribution in [0.25, 0.3) is 109 Å². The Morgan fingerprint density at radius 2 is 0.826 bits per heavy atom. The number of alkyl halides is 12. The minimum Gasteiger partial charge on any atom is -0.328 e. The minimum atomic E-state index is -4.61. The van der Waals surface area contributed by atoms with Crippen molar-refractivity contribution < 1.29 is 65.9 Å². The van der Waals surface area contributed by atoms with Gasteiger partial charge >= 0.3 is 24.7 Å². The van der Waals surface area contributed by atoms with Gasteiger partial charge in [-0.3, -0.25) is 20.4 Å². The fourth-order valence-corrected chi connectivity index (χ4v) is 15.3. The maximum atomic E-state index is 14.0. The van der Waals surface area contributed by atoms with Crippen LogP contribution in [0, 0.1) is 31.3 Å². The van der Waals surface area contributed by atoms with E-state index in [1.807, 2.05) is 38.1 Å². The maximum absolute atomic E-state index is 14.0. The molecule has 18 aromatic rings. The monoisotopic (exact) mass is 1720 g/mol. The molecule has 11 aromatic heterocycles. The smallest absolute Gasteiger partial charge is 0.328 e. The first-order chi connectivity index (χ1) is 57.9. The summed E-state index contributed by atoms with van der Waals surface area (Å²) in [6.07, 6.45) is -10.4. The van der Waals surface area contributed by atoms with E-state index in [9.17, 15) is 65.9 Å². The molecule has 0 spiro atoms. The molecule has 7 aromatic carbocycles. The summed E-state index contributed by atoms with van der Waals surface area (Å²) < 4.78 is 217. The first-order valence-corrected chi connectivity index (χ1v) is 38.4. The number of aryl methyl sites for hydroxylation is 1. The summed E-state index contributed by atoms with van der Waals surface area (Å²) >= 11 is 3.22. The van der Waals surface area contributed by atoms with E-state index < -0.39 is 64.4 Å². The van der Waals surface area contributed by atoms with Crippen LogP contribution < -0.4 is 27.0 Å². The van der Waals surface area contributed by atoms with Gasteiger partial charge in [0.2, 0.25) is 0 Å². The summed E-state index contributed by atoms with van der Waals surface area (Å²) in [4.78, 5) is 35.2. The number of aromatic nitrogens is 19. The van der Waals surface area contributed by atoms with Crippen LogP contribution in [0.4, 0.5) is 112 Å². The standard InChI is InChI=1S/C25H25F3N6.C19H9F5N6S.C19H10F4N6S.C16H11F3N6S/c1-14-21(15-10-12-16(29)13-11-15)30-23(17-6-2-4-8-19(17)25(26,27)28)31-22(14)32-24-18-7-3-5-9-20(18)33-34-24;20-8-5-10-14(13(21)6-8)29-30-17(10)27-16-11-7-25-31-18(11)28-15(26-16)9-3-1-2-4-12(9)19(22,23)24;20-9-5-6-13-11(7-9)17(29-28-13)27-18-15-14(8-24-30-15)25-16(26-18)10-3-1-2-4-12(10)19(21,22)23;1-8-6-12(25-24-8)22-15-13-11(7-20-26-13)21-14(23-15)9-4-2-3-5-10(9)16(17,18)19/h2-9,15-16H,10-13,29H2,1H3,(H2,30,31,32,33,34);1-7H,(H2,26,27,28,29,30);1-8H,(H2,25,26,27,28,29);2-7H,1H3,(H2,21,22,23,24,25). The number of nitrogens with one attached hydrogen (secondary N) is 8. The fraction of sp³-hybridized carbons (Fsp3) is 0.152. The van der Waals surface area contributed by atoms with Gasteiger partial charge in [0, 0.05) is 68.4 Å². The number of aromatic amines is 4. The van der Waals surface area contributed by atoms with E-state index in [1.54, 1.807) is 12.1 Å². The van der Waals surface area contributed by atoms with Gasteiger partial charge in [0.05, 0.1) is 68.3 Å². The molecule has 0 bridgehead atoms. The Balaban J connectivity index is 0.000000120. The average molecular weight is 1720 g/mol. The normalized spacial score (nSPS) is 13.9. The zero-order valence-corrected chi connectivity index (χ0v) is 64.4. The molecule has 121 heavy (non-hydrogen) atoms. The molecule has 19 rings (SSSR count). The molecule has 1 aliphatic rings. The SMILES string of the molecule is Cc1c(Nc2n[nH]c3ccccc23)nc(-c2ccccc2C(F)(F)F)nc1C1CCC(N)CC1.Cc1cc(Nc2nc(-c3ccccc3C(F)(F)F)nc3cnsc23)n[nH]1.Fc1cc(F)c2[nH]nc(Nc3nc(-c4ccccc4C(F)(F)F)nc4sncc34)c2c1.Fc1ccc2[nH]nc(Nc3nc(-c4ccccc4C(F)(F)F)nc4cnsc34)c2c1. The van der Waals surface area contributed by atoms with Crippen molar-refractivity contribution in [3.8, 4) is 45.6 Å². The number of nitrogens with zero attached hydrogens (tertiary/aromatic N) is 15. The number of rotatable bonds is 13. The topological polar surface area (TPSA) is 331 Å². The molecule has 614 valence electrons. The van der Waals surface area contributed by atoms with Crippen LogP contribution in [0.15, 0.2) is 176 Å². The molecule has 0 unspecified atom stereocenters. The minimum absolute atomic E-state index is 0.0274. The second kappa shape index (κ2) is 32.9. The van der Waals surface area contributed by atoms with Crippen molar-refractivity contribution in [1.82, 2.24) is 93.8 Å². The molecule has 10 N–H and O–H groups in total. The van der Waals surface area contributed by atoms with E-state index >= 15 is 0 Å². The summed E-state index contributed by atoms with van der Waals surface area (Å²) in [5.41, 5.74) is 6.99. The molecule has 24 nitrogen and oxygen atoms in total. The molecule has 0 amide bonds. The molecule has 0 saturated heterocycles. The van der Waals surface area contributed by atoms with Crippen LogP contribution in [0.1, 0.15) is 70.8 Å². The summed E-state index contributed by atoms with van der Waals surface area (Å²) in [7, 11) is 0. The lowest BCUT2D eigenvalue weighted by molar-refractivity contribution is -0.137. The van der Waals surface area contributed by atoms with Crippen molar-refractivity contribution in [3.63, 3.8) is 0 Å². The molecular weight excluding hydrogens is 1670 g/mol. The molecule has 42 heteroatoms. The van der Waals surface area contributed by atoms with Crippen molar-refractivity contribution >= 4 is 144 Å². The van der Waals surface area contributed by atoms with Crippen LogP contribution in [-0.2, 0) is 24.7 Å². The van der Waals surface area contributed by atoms with E-state index in [4.69, 9.17) is 10.7 Å². The molecule has 0 radical (unpaired) electrons. The van der Waals surface area contributed by atoms with Crippen LogP contribution in [0.3, 0.4) is 0 Å². The number of hydrogen-bond donors (Lipinski definition) is 9. The molecule has 0 aliphatic heterocycles. The van der Waals surface area contributed by atoms with Gasteiger partial charge in [-0.1, -0.05) is 84.9 Å². The number of H-pyrrole nitrogens is 4. The van der Waals surface area contributed by atoms with Crippen molar-refractivity contribution in [3.05, 3.63) is 233 Å². The highest BCUT2D eigenvalue weighted by molar-refractivity contribution is 7.14. The first kappa shape index (κ1) is 81.0. The van der Waals surface area contributed by atoms with Gasteiger partial charge < -0.3 is 27.0 Å². The summed E-state index contributed by atoms with van der Waals surface area (Å²) in [5.74, 6) is 0.293. The summed E-state index contributed by atoms with van der Waals surface area (Å²) in [5, 5.41) is 41.4. The number of halogens is 15.